The van der Waals surface area contributed by atoms with Crippen molar-refractivity contribution in [3.05, 3.63) is 108 Å². The molecule has 0 saturated carbocycles. The van der Waals surface area contributed by atoms with Gasteiger partial charge < -0.3 is 33.0 Å². The maximum absolute atomic E-state index is 14.0. The van der Waals surface area contributed by atoms with Crippen LogP contribution < -0.4 is 14.2 Å². The van der Waals surface area contributed by atoms with Crippen molar-refractivity contribution >= 4 is 22.7 Å². The number of furan rings is 1. The third-order valence-corrected chi connectivity index (χ3v) is 10.6. The van der Waals surface area contributed by atoms with Crippen LogP contribution in [0.25, 0.3) is 11.0 Å². The second-order valence-corrected chi connectivity index (χ2v) is 13.4. The molecule has 2 aliphatic rings. The molecule has 4 heterocycles. The number of Topliss-reactive ketones (excluding diaryl/α,β-unsaturated/α-hetero) is 1. The lowest BCUT2D eigenvalue weighted by Crippen LogP contribution is -2.41. The van der Waals surface area contributed by atoms with E-state index in [0.29, 0.717) is 48.3 Å². The van der Waals surface area contributed by atoms with E-state index in [0.717, 1.165) is 62.1 Å². The molecule has 0 bridgehead atoms. The number of rotatable bonds is 12. The van der Waals surface area contributed by atoms with Gasteiger partial charge in [0.05, 0.1) is 45.2 Å². The molecule has 1 unspecified atom stereocenters. The largest absolute Gasteiger partial charge is 0.493 e. The normalized spacial score (nSPS) is 18.4. The Morgan fingerprint density at radius 3 is 2.28 bits per heavy atom. The Morgan fingerprint density at radius 2 is 1.60 bits per heavy atom. The first-order chi connectivity index (χ1) is 24.4. The number of fused-ring (bicyclic) bond motifs is 1. The van der Waals surface area contributed by atoms with Gasteiger partial charge in [0, 0.05) is 30.0 Å². The quantitative estimate of drug-likeness (QED) is 0.139. The predicted molar refractivity (Wildman–Crippen MR) is 190 cm³/mol. The highest BCUT2D eigenvalue weighted by molar-refractivity contribution is 5.98. The Hall–Kier alpha value is -5.09. The van der Waals surface area contributed by atoms with E-state index < -0.39 is 0 Å². The number of ketones is 1. The molecule has 3 aromatic carbocycles. The fourth-order valence-electron chi connectivity index (χ4n) is 7.76. The van der Waals surface area contributed by atoms with E-state index in [1.54, 1.807) is 39.7 Å². The Kier molecular flexibility index (Phi) is 9.63. The van der Waals surface area contributed by atoms with E-state index in [1.807, 2.05) is 51.9 Å². The van der Waals surface area contributed by atoms with Crippen LogP contribution in [0.4, 0.5) is 0 Å². The number of benzene rings is 3. The number of carbonyl (C=O) groups is 2. The maximum atomic E-state index is 14.0. The number of hydrogen-bond acceptors (Lipinski definition) is 8. The van der Waals surface area contributed by atoms with Crippen molar-refractivity contribution in [1.29, 1.82) is 0 Å². The zero-order valence-corrected chi connectivity index (χ0v) is 29.0. The molecule has 2 saturated heterocycles. The van der Waals surface area contributed by atoms with Gasteiger partial charge in [-0.25, -0.2) is 4.98 Å². The van der Waals surface area contributed by atoms with Crippen LogP contribution in [0.3, 0.4) is 0 Å². The number of hydrogen-bond donors (Lipinski definition) is 0. The molecule has 10 nitrogen and oxygen atoms in total. The van der Waals surface area contributed by atoms with Gasteiger partial charge in [-0.05, 0) is 87.3 Å². The summed E-state index contributed by atoms with van der Waals surface area (Å²) in [5.74, 6) is 2.64. The Bertz CT molecular complexity index is 1920. The van der Waals surface area contributed by atoms with Crippen molar-refractivity contribution in [2.75, 3.05) is 54.1 Å². The molecular formula is C40H44N4O6. The highest BCUT2D eigenvalue weighted by atomic mass is 16.5. The number of para-hydroxylation sites is 2. The van der Waals surface area contributed by atoms with Gasteiger partial charge >= 0.3 is 0 Å². The van der Waals surface area contributed by atoms with E-state index >= 15 is 0 Å². The molecule has 10 heteroatoms. The zero-order chi connectivity index (χ0) is 34.7. The minimum Gasteiger partial charge on any atom is -0.493 e. The molecule has 0 aliphatic carbocycles. The second-order valence-electron chi connectivity index (χ2n) is 13.4. The standard InChI is InChI=1S/C40H44N4O6/c1-47-34-24-29(25-35(48-2)37(34)49-3)39(46)43-22-18-40(27-43,30-10-5-4-6-11-30)17-21-42-19-15-28(16-20-42)36(45)38-41-32-13-7-8-14-33(32)44(38)26-31-12-9-23-50-31/h4-14,23-25,28H,15-22,26-27H2,1-3H3. The third-order valence-electron chi connectivity index (χ3n) is 10.6. The highest BCUT2D eigenvalue weighted by Crippen LogP contribution is 2.41. The van der Waals surface area contributed by atoms with Crippen LogP contribution >= 0.6 is 0 Å². The first kappa shape index (κ1) is 33.4. The lowest BCUT2D eigenvalue weighted by Gasteiger charge is -2.36. The molecular weight excluding hydrogens is 632 g/mol. The summed E-state index contributed by atoms with van der Waals surface area (Å²) in [5.41, 5.74) is 3.33. The molecule has 7 rings (SSSR count). The molecule has 2 aliphatic heterocycles. The van der Waals surface area contributed by atoms with Gasteiger partial charge in [-0.2, -0.15) is 0 Å². The number of imidazole rings is 1. The zero-order valence-electron chi connectivity index (χ0n) is 29.0. The van der Waals surface area contributed by atoms with Crippen molar-refractivity contribution < 1.29 is 28.2 Å². The van der Waals surface area contributed by atoms with Gasteiger partial charge in [0.25, 0.3) is 5.91 Å². The van der Waals surface area contributed by atoms with E-state index in [2.05, 4.69) is 29.2 Å². The molecule has 2 aromatic heterocycles. The first-order valence-electron chi connectivity index (χ1n) is 17.3. The molecule has 1 atom stereocenters. The number of ether oxygens (including phenoxy) is 3. The van der Waals surface area contributed by atoms with E-state index in [4.69, 9.17) is 23.6 Å². The van der Waals surface area contributed by atoms with Crippen molar-refractivity contribution in [3.8, 4) is 17.2 Å². The van der Waals surface area contributed by atoms with E-state index in [-0.39, 0.29) is 23.0 Å². The van der Waals surface area contributed by atoms with Crippen LogP contribution in [0.15, 0.2) is 89.5 Å². The van der Waals surface area contributed by atoms with E-state index in [1.165, 1.54) is 5.56 Å². The minimum atomic E-state index is -0.180. The summed E-state index contributed by atoms with van der Waals surface area (Å²) < 4.78 is 24.1. The van der Waals surface area contributed by atoms with Gasteiger partial charge in [0.1, 0.15) is 5.76 Å². The fourth-order valence-corrected chi connectivity index (χ4v) is 7.76. The van der Waals surface area contributed by atoms with Crippen LogP contribution in [0.2, 0.25) is 0 Å². The van der Waals surface area contributed by atoms with Crippen LogP contribution in [-0.4, -0.2) is 85.1 Å². The summed E-state index contributed by atoms with van der Waals surface area (Å²) in [4.78, 5) is 37.1. The second kappa shape index (κ2) is 14.4. The topological polar surface area (TPSA) is 99.3 Å². The van der Waals surface area contributed by atoms with Gasteiger partial charge in [-0.1, -0.05) is 42.5 Å². The third kappa shape index (κ3) is 6.47. The molecule has 0 N–H and O–H groups in total. The van der Waals surface area contributed by atoms with Crippen LogP contribution in [0.5, 0.6) is 17.2 Å². The average molecular weight is 677 g/mol. The summed E-state index contributed by atoms with van der Waals surface area (Å²) in [7, 11) is 4.66. The average Bonchev–Trinajstić information content (AvgIpc) is 3.94. The summed E-state index contributed by atoms with van der Waals surface area (Å²) in [6.07, 6.45) is 5.01. The van der Waals surface area contributed by atoms with Gasteiger partial charge in [0.15, 0.2) is 17.3 Å². The Balaban J connectivity index is 1.03. The molecule has 0 spiro atoms. The van der Waals surface area contributed by atoms with Gasteiger partial charge in [-0.3, -0.25) is 9.59 Å². The lowest BCUT2D eigenvalue weighted by atomic mass is 9.76. The van der Waals surface area contributed by atoms with Gasteiger partial charge in [-0.15, -0.1) is 0 Å². The molecule has 260 valence electrons. The Morgan fingerprint density at radius 1 is 0.880 bits per heavy atom. The number of carbonyl (C=O) groups excluding carboxylic acids is 2. The minimum absolute atomic E-state index is 0.0561. The highest BCUT2D eigenvalue weighted by Gasteiger charge is 2.42. The molecule has 2 fully saturated rings. The van der Waals surface area contributed by atoms with E-state index in [9.17, 15) is 9.59 Å². The van der Waals surface area contributed by atoms with Crippen LogP contribution in [0.1, 0.15) is 58.0 Å². The van der Waals surface area contributed by atoms with Crippen LogP contribution in [-0.2, 0) is 12.0 Å². The number of methoxy groups -OCH3 is 3. The summed E-state index contributed by atoms with van der Waals surface area (Å²) in [5, 5.41) is 0. The molecule has 1 amide bonds. The monoisotopic (exact) mass is 676 g/mol. The summed E-state index contributed by atoms with van der Waals surface area (Å²) >= 11 is 0. The maximum Gasteiger partial charge on any atom is 0.254 e. The molecule has 5 aromatic rings. The van der Waals surface area contributed by atoms with Gasteiger partial charge in [0.2, 0.25) is 11.5 Å². The number of piperidine rings is 1. The van der Waals surface area contributed by atoms with Crippen molar-refractivity contribution in [1.82, 2.24) is 19.4 Å². The SMILES string of the molecule is COc1cc(C(=O)N2CCC(CCN3CCC(C(=O)c4nc5ccccc5n4Cc4ccco4)CC3)(c3ccccc3)C2)cc(OC)c1OC. The summed E-state index contributed by atoms with van der Waals surface area (Å²) in [6, 6.07) is 25.7. The Labute approximate surface area is 292 Å². The fraction of sp³-hybridized carbons (Fsp3) is 0.375. The van der Waals surface area contributed by atoms with Crippen molar-refractivity contribution in [2.24, 2.45) is 5.92 Å². The van der Waals surface area contributed by atoms with Crippen LogP contribution in [0, 0.1) is 5.92 Å². The predicted octanol–water partition coefficient (Wildman–Crippen LogP) is 6.47. The number of nitrogens with zero attached hydrogens (tertiary/aromatic N) is 4. The number of aromatic nitrogens is 2. The number of likely N-dealkylation sites (tertiary alicyclic amines) is 2. The smallest absolute Gasteiger partial charge is 0.254 e. The van der Waals surface area contributed by atoms with Crippen molar-refractivity contribution in [3.63, 3.8) is 0 Å². The number of amides is 1. The van der Waals surface area contributed by atoms with Crippen molar-refractivity contribution in [2.45, 2.75) is 37.6 Å². The molecule has 0 radical (unpaired) electrons. The molecule has 50 heavy (non-hydrogen) atoms. The summed E-state index contributed by atoms with van der Waals surface area (Å²) in [6.45, 7) is 4.31. The lowest BCUT2D eigenvalue weighted by molar-refractivity contribution is 0.0777. The first-order valence-corrected chi connectivity index (χ1v) is 17.3.